The molecule has 3 unspecified atom stereocenters. The molecule has 1 heterocycles. The lowest BCUT2D eigenvalue weighted by atomic mass is 9.91. The molecule has 1 saturated heterocycles. The van der Waals surface area contributed by atoms with Gasteiger partial charge in [0.1, 0.15) is 6.10 Å². The predicted octanol–water partition coefficient (Wildman–Crippen LogP) is -0.766. The third kappa shape index (κ3) is 2.17. The highest BCUT2D eigenvalue weighted by Gasteiger charge is 2.38. The van der Waals surface area contributed by atoms with Crippen molar-refractivity contribution < 1.29 is 14.9 Å². The number of hydrogen-bond donors (Lipinski definition) is 3. The number of aliphatic hydroxyl groups is 2. The van der Waals surface area contributed by atoms with Crippen LogP contribution in [0.25, 0.3) is 0 Å². The van der Waals surface area contributed by atoms with Gasteiger partial charge in [0, 0.05) is 6.04 Å². The molecular weight excluding hydrogens is 158 g/mol. The highest BCUT2D eigenvalue weighted by atomic mass is 16.5. The Morgan fingerprint density at radius 2 is 2.08 bits per heavy atom. The van der Waals surface area contributed by atoms with Gasteiger partial charge in [-0.05, 0) is 20.3 Å². The zero-order valence-corrected chi connectivity index (χ0v) is 7.53. The number of aliphatic hydroxyl groups excluding tert-OH is 1. The Hall–Kier alpha value is -0.160. The molecule has 4 heteroatoms. The van der Waals surface area contributed by atoms with E-state index in [1.165, 1.54) is 0 Å². The lowest BCUT2D eigenvalue weighted by Crippen LogP contribution is -2.53. The third-order valence-corrected chi connectivity index (χ3v) is 2.08. The molecule has 0 aromatic rings. The molecule has 0 aromatic heterocycles. The molecule has 0 aromatic carbocycles. The van der Waals surface area contributed by atoms with Crippen molar-refractivity contribution in [2.45, 2.75) is 44.1 Å². The van der Waals surface area contributed by atoms with E-state index in [1.54, 1.807) is 13.8 Å². The van der Waals surface area contributed by atoms with Gasteiger partial charge < -0.3 is 20.7 Å². The lowest BCUT2D eigenvalue weighted by Gasteiger charge is -2.38. The summed E-state index contributed by atoms with van der Waals surface area (Å²) in [6, 6.07) is -0.112. The highest BCUT2D eigenvalue weighted by Crippen LogP contribution is 2.22. The van der Waals surface area contributed by atoms with Gasteiger partial charge in [0.2, 0.25) is 0 Å². The van der Waals surface area contributed by atoms with Crippen LogP contribution in [0.5, 0.6) is 0 Å². The summed E-state index contributed by atoms with van der Waals surface area (Å²) in [6.07, 6.45) is -0.680. The minimum absolute atomic E-state index is 0.112. The second-order valence-electron chi connectivity index (χ2n) is 3.97. The molecule has 3 atom stereocenters. The Morgan fingerprint density at radius 1 is 1.50 bits per heavy atom. The highest BCUT2D eigenvalue weighted by molar-refractivity contribution is 4.89. The molecule has 1 rings (SSSR count). The van der Waals surface area contributed by atoms with Gasteiger partial charge in [-0.1, -0.05) is 0 Å². The van der Waals surface area contributed by atoms with Gasteiger partial charge in [-0.25, -0.2) is 0 Å². The van der Waals surface area contributed by atoms with Crippen molar-refractivity contribution in [3.8, 4) is 0 Å². The smallest absolute Gasteiger partial charge is 0.112 e. The monoisotopic (exact) mass is 175 g/mol. The van der Waals surface area contributed by atoms with E-state index in [0.29, 0.717) is 13.0 Å². The number of rotatable bonds is 1. The largest absolute Gasteiger partial charge is 0.390 e. The first kappa shape index (κ1) is 9.92. The second-order valence-corrected chi connectivity index (χ2v) is 3.97. The van der Waals surface area contributed by atoms with Crippen molar-refractivity contribution in [1.82, 2.24) is 0 Å². The maximum absolute atomic E-state index is 9.57. The zero-order chi connectivity index (χ0) is 9.35. The van der Waals surface area contributed by atoms with Crippen LogP contribution in [0, 0.1) is 0 Å². The first-order valence-electron chi connectivity index (χ1n) is 4.19. The van der Waals surface area contributed by atoms with Crippen molar-refractivity contribution in [3.63, 3.8) is 0 Å². The van der Waals surface area contributed by atoms with Crippen LogP contribution in [0.15, 0.2) is 0 Å². The first-order valence-corrected chi connectivity index (χ1v) is 4.19. The van der Waals surface area contributed by atoms with E-state index in [0.717, 1.165) is 0 Å². The van der Waals surface area contributed by atoms with Gasteiger partial charge in [-0.2, -0.15) is 0 Å². The molecule has 0 amide bonds. The van der Waals surface area contributed by atoms with Gasteiger partial charge in [0.15, 0.2) is 0 Å². The molecule has 12 heavy (non-hydrogen) atoms. The normalized spacial score (nSPS) is 38.2. The number of ether oxygens (including phenoxy) is 1. The van der Waals surface area contributed by atoms with Crippen molar-refractivity contribution in [3.05, 3.63) is 0 Å². The maximum Gasteiger partial charge on any atom is 0.112 e. The van der Waals surface area contributed by atoms with Crippen molar-refractivity contribution in [2.24, 2.45) is 5.73 Å². The number of nitrogens with two attached hydrogens (primary N) is 1. The Bertz CT molecular complexity index is 155. The van der Waals surface area contributed by atoms with Crippen LogP contribution in [-0.4, -0.2) is 40.7 Å². The van der Waals surface area contributed by atoms with E-state index in [1.807, 2.05) is 0 Å². The van der Waals surface area contributed by atoms with Crippen LogP contribution in [0.1, 0.15) is 20.3 Å². The van der Waals surface area contributed by atoms with Crippen LogP contribution >= 0.6 is 0 Å². The fourth-order valence-electron chi connectivity index (χ4n) is 1.51. The Labute approximate surface area is 72.3 Å². The standard InChI is InChI=1S/C8H17NO3/c1-8(2,11)7-6(10)3-5(9)4-12-7/h5-7,10-11H,3-4,9H2,1-2H3. The van der Waals surface area contributed by atoms with Gasteiger partial charge in [-0.3, -0.25) is 0 Å². The zero-order valence-electron chi connectivity index (χ0n) is 7.53. The SMILES string of the molecule is CC(C)(O)C1OCC(N)CC1O. The average Bonchev–Trinajstić information content (AvgIpc) is 1.83. The summed E-state index contributed by atoms with van der Waals surface area (Å²) in [5.41, 5.74) is 4.56. The van der Waals surface area contributed by atoms with E-state index < -0.39 is 17.8 Å². The Balaban J connectivity index is 2.57. The van der Waals surface area contributed by atoms with Gasteiger partial charge in [-0.15, -0.1) is 0 Å². The summed E-state index contributed by atoms with van der Waals surface area (Å²) in [6.45, 7) is 3.65. The van der Waals surface area contributed by atoms with Crippen LogP contribution in [0.4, 0.5) is 0 Å². The molecule has 0 spiro atoms. The molecule has 0 aliphatic carbocycles. The van der Waals surface area contributed by atoms with Crippen LogP contribution in [0.2, 0.25) is 0 Å². The number of hydrogen-bond acceptors (Lipinski definition) is 4. The van der Waals surface area contributed by atoms with E-state index in [9.17, 15) is 10.2 Å². The molecule has 72 valence electrons. The first-order chi connectivity index (χ1) is 5.41. The minimum atomic E-state index is -1.00. The summed E-state index contributed by atoms with van der Waals surface area (Å²) >= 11 is 0. The fourth-order valence-corrected chi connectivity index (χ4v) is 1.51. The summed E-state index contributed by atoms with van der Waals surface area (Å²) < 4.78 is 5.24. The third-order valence-electron chi connectivity index (χ3n) is 2.08. The fraction of sp³-hybridized carbons (Fsp3) is 1.00. The molecule has 1 fully saturated rings. The topological polar surface area (TPSA) is 75.7 Å². The molecule has 0 radical (unpaired) electrons. The summed E-state index contributed by atoms with van der Waals surface area (Å²) in [4.78, 5) is 0. The summed E-state index contributed by atoms with van der Waals surface area (Å²) in [5, 5.41) is 19.1. The lowest BCUT2D eigenvalue weighted by molar-refractivity contribution is -0.164. The quantitative estimate of drug-likeness (QED) is 0.489. The molecule has 4 N–H and O–H groups in total. The minimum Gasteiger partial charge on any atom is -0.390 e. The van der Waals surface area contributed by atoms with Gasteiger partial charge in [0.25, 0.3) is 0 Å². The van der Waals surface area contributed by atoms with Crippen LogP contribution < -0.4 is 5.73 Å². The maximum atomic E-state index is 9.57. The second kappa shape index (κ2) is 3.30. The van der Waals surface area contributed by atoms with E-state index in [-0.39, 0.29) is 6.04 Å². The van der Waals surface area contributed by atoms with E-state index >= 15 is 0 Å². The Morgan fingerprint density at radius 3 is 2.50 bits per heavy atom. The predicted molar refractivity (Wildman–Crippen MR) is 44.6 cm³/mol. The van der Waals surface area contributed by atoms with Crippen LogP contribution in [0.3, 0.4) is 0 Å². The summed E-state index contributed by atoms with van der Waals surface area (Å²) in [7, 11) is 0. The van der Waals surface area contributed by atoms with Crippen LogP contribution in [-0.2, 0) is 4.74 Å². The molecule has 0 bridgehead atoms. The van der Waals surface area contributed by atoms with Crippen molar-refractivity contribution in [2.75, 3.05) is 6.61 Å². The molecule has 1 aliphatic heterocycles. The molecule has 4 nitrogen and oxygen atoms in total. The van der Waals surface area contributed by atoms with E-state index in [4.69, 9.17) is 10.5 Å². The van der Waals surface area contributed by atoms with Crippen molar-refractivity contribution >= 4 is 0 Å². The molecular formula is C8H17NO3. The summed E-state index contributed by atoms with van der Waals surface area (Å²) in [5.74, 6) is 0. The van der Waals surface area contributed by atoms with E-state index in [2.05, 4.69) is 0 Å². The van der Waals surface area contributed by atoms with Crippen molar-refractivity contribution in [1.29, 1.82) is 0 Å². The van der Waals surface area contributed by atoms with Gasteiger partial charge >= 0.3 is 0 Å². The molecule has 1 aliphatic rings. The molecule has 0 saturated carbocycles. The Kier molecular flexibility index (Phi) is 2.73. The average molecular weight is 175 g/mol. The van der Waals surface area contributed by atoms with Gasteiger partial charge in [0.05, 0.1) is 18.3 Å².